The smallest absolute Gasteiger partial charge is 0.133 e. The molecular weight excluding hydrogens is 280 g/mol. The summed E-state index contributed by atoms with van der Waals surface area (Å²) in [4.78, 5) is 5.60. The summed E-state index contributed by atoms with van der Waals surface area (Å²) in [6, 6.07) is 12.7. The summed E-state index contributed by atoms with van der Waals surface area (Å²) < 4.78 is 5.85. The van der Waals surface area contributed by atoms with Crippen molar-refractivity contribution in [1.82, 2.24) is 10.3 Å². The fourth-order valence-corrected chi connectivity index (χ4v) is 2.40. The number of ether oxygens (including phenoxy) is 1. The molecule has 1 aromatic heterocycles. The maximum absolute atomic E-state index is 5.85. The summed E-state index contributed by atoms with van der Waals surface area (Å²) in [5.74, 6) is 0.914. The molecule has 2 rings (SSSR count). The number of hydrogen-bond acceptors (Lipinski definition) is 4. The summed E-state index contributed by atoms with van der Waals surface area (Å²) in [5.41, 5.74) is 2.14. The number of nitrogens with zero attached hydrogens (tertiary/aromatic N) is 1. The van der Waals surface area contributed by atoms with Gasteiger partial charge in [0.1, 0.15) is 12.4 Å². The lowest BCUT2D eigenvalue weighted by Gasteiger charge is -2.10. The number of rotatable bonds is 7. The summed E-state index contributed by atoms with van der Waals surface area (Å²) in [5, 5.41) is 3.38. The van der Waals surface area contributed by atoms with Gasteiger partial charge in [-0.25, -0.2) is 0 Å². The van der Waals surface area contributed by atoms with Crippen molar-refractivity contribution in [2.75, 3.05) is 6.26 Å². The Morgan fingerprint density at radius 2 is 2.00 bits per heavy atom. The van der Waals surface area contributed by atoms with Gasteiger partial charge >= 0.3 is 0 Å². The number of nitrogens with one attached hydrogen (secondary N) is 1. The predicted molar refractivity (Wildman–Crippen MR) is 88.8 cm³/mol. The average molecular weight is 302 g/mol. The first-order valence-electron chi connectivity index (χ1n) is 7.12. The van der Waals surface area contributed by atoms with Crippen LogP contribution in [0.4, 0.5) is 0 Å². The lowest BCUT2D eigenvalue weighted by molar-refractivity contribution is 0.294. The van der Waals surface area contributed by atoms with Crippen LogP contribution in [0, 0.1) is 0 Å². The lowest BCUT2D eigenvalue weighted by atomic mass is 10.2. The summed E-state index contributed by atoms with van der Waals surface area (Å²) >= 11 is 1.69. The Kier molecular flexibility index (Phi) is 6.08. The summed E-state index contributed by atoms with van der Waals surface area (Å²) in [6.07, 6.45) is 3.96. The molecule has 0 saturated carbocycles. The van der Waals surface area contributed by atoms with E-state index in [1.54, 1.807) is 11.8 Å². The molecule has 3 nitrogen and oxygen atoms in total. The van der Waals surface area contributed by atoms with Crippen molar-refractivity contribution in [2.24, 2.45) is 0 Å². The van der Waals surface area contributed by atoms with Crippen molar-refractivity contribution >= 4 is 11.8 Å². The van der Waals surface area contributed by atoms with Crippen molar-refractivity contribution in [1.29, 1.82) is 0 Å². The standard InChI is InChI=1S/C17H22N2OS/c1-13(2)18-10-14-8-9-15(19-11-14)12-20-16-6-4-5-7-17(16)21-3/h4-9,11,13,18H,10,12H2,1-3H3. The zero-order valence-electron chi connectivity index (χ0n) is 12.8. The second kappa shape index (κ2) is 8.05. The monoisotopic (exact) mass is 302 g/mol. The Morgan fingerprint density at radius 3 is 2.67 bits per heavy atom. The van der Waals surface area contributed by atoms with E-state index in [1.807, 2.05) is 30.5 Å². The van der Waals surface area contributed by atoms with Gasteiger partial charge in [0.15, 0.2) is 0 Å². The molecule has 1 heterocycles. The first-order valence-corrected chi connectivity index (χ1v) is 8.34. The number of benzene rings is 1. The Labute approximate surface area is 131 Å². The highest BCUT2D eigenvalue weighted by Gasteiger charge is 2.03. The van der Waals surface area contributed by atoms with Crippen LogP contribution in [0.15, 0.2) is 47.5 Å². The minimum atomic E-state index is 0.482. The highest BCUT2D eigenvalue weighted by atomic mass is 32.2. The second-order valence-electron chi connectivity index (χ2n) is 5.13. The topological polar surface area (TPSA) is 34.1 Å². The van der Waals surface area contributed by atoms with E-state index in [0.717, 1.165) is 22.9 Å². The summed E-state index contributed by atoms with van der Waals surface area (Å²) in [7, 11) is 0. The summed E-state index contributed by atoms with van der Waals surface area (Å²) in [6.45, 7) is 5.62. The molecule has 0 fully saturated rings. The Balaban J connectivity index is 1.91. The van der Waals surface area contributed by atoms with E-state index in [4.69, 9.17) is 4.74 Å². The van der Waals surface area contributed by atoms with Crippen molar-refractivity contribution in [2.45, 2.75) is 37.9 Å². The van der Waals surface area contributed by atoms with E-state index in [1.165, 1.54) is 5.56 Å². The van der Waals surface area contributed by atoms with Crippen molar-refractivity contribution in [3.63, 3.8) is 0 Å². The Bertz CT molecular complexity index is 555. The molecule has 0 saturated heterocycles. The quantitative estimate of drug-likeness (QED) is 0.787. The first kappa shape index (κ1) is 15.9. The minimum Gasteiger partial charge on any atom is -0.486 e. The van der Waals surface area contributed by atoms with Crippen LogP contribution in [-0.4, -0.2) is 17.3 Å². The zero-order chi connectivity index (χ0) is 15.1. The predicted octanol–water partition coefficient (Wildman–Crippen LogP) is 3.88. The molecule has 21 heavy (non-hydrogen) atoms. The van der Waals surface area contributed by atoms with Crippen LogP contribution in [0.1, 0.15) is 25.1 Å². The molecule has 0 radical (unpaired) electrons. The van der Waals surface area contributed by atoms with Crippen LogP contribution in [0.2, 0.25) is 0 Å². The number of pyridine rings is 1. The maximum Gasteiger partial charge on any atom is 0.133 e. The minimum absolute atomic E-state index is 0.482. The second-order valence-corrected chi connectivity index (χ2v) is 5.98. The van der Waals surface area contributed by atoms with Crippen LogP contribution >= 0.6 is 11.8 Å². The normalized spacial score (nSPS) is 10.9. The van der Waals surface area contributed by atoms with Gasteiger partial charge in [0.05, 0.1) is 5.69 Å². The molecule has 0 aliphatic carbocycles. The van der Waals surface area contributed by atoms with Crippen LogP contribution in [0.3, 0.4) is 0 Å². The van der Waals surface area contributed by atoms with Gasteiger partial charge in [0.2, 0.25) is 0 Å². The molecule has 4 heteroatoms. The van der Waals surface area contributed by atoms with Gasteiger partial charge in [-0.2, -0.15) is 0 Å². The number of para-hydroxylation sites is 1. The molecule has 0 amide bonds. The van der Waals surface area contributed by atoms with Gasteiger partial charge in [-0.1, -0.05) is 32.0 Å². The van der Waals surface area contributed by atoms with Crippen LogP contribution < -0.4 is 10.1 Å². The lowest BCUT2D eigenvalue weighted by Crippen LogP contribution is -2.21. The van der Waals surface area contributed by atoms with Crippen molar-refractivity contribution < 1.29 is 4.74 Å². The van der Waals surface area contributed by atoms with Gasteiger partial charge in [-0.3, -0.25) is 4.98 Å². The van der Waals surface area contributed by atoms with E-state index >= 15 is 0 Å². The molecule has 0 aliphatic heterocycles. The number of hydrogen-bond donors (Lipinski definition) is 1. The molecule has 1 N–H and O–H groups in total. The molecule has 0 atom stereocenters. The van der Waals surface area contributed by atoms with Crippen molar-refractivity contribution in [3.05, 3.63) is 53.9 Å². The molecule has 0 bridgehead atoms. The SMILES string of the molecule is CSc1ccccc1OCc1ccc(CNC(C)C)cn1. The van der Waals surface area contributed by atoms with E-state index in [0.29, 0.717) is 12.6 Å². The van der Waals surface area contributed by atoms with Gasteiger partial charge in [0.25, 0.3) is 0 Å². The molecular formula is C17H22N2OS. The highest BCUT2D eigenvalue weighted by molar-refractivity contribution is 7.98. The van der Waals surface area contributed by atoms with E-state index in [-0.39, 0.29) is 0 Å². The van der Waals surface area contributed by atoms with Crippen LogP contribution in [-0.2, 0) is 13.2 Å². The van der Waals surface area contributed by atoms with E-state index < -0.39 is 0 Å². The third kappa shape index (κ3) is 5.06. The number of aromatic nitrogens is 1. The van der Waals surface area contributed by atoms with Gasteiger partial charge < -0.3 is 10.1 Å². The fourth-order valence-electron chi connectivity index (χ4n) is 1.86. The van der Waals surface area contributed by atoms with E-state index in [9.17, 15) is 0 Å². The average Bonchev–Trinajstić information content (AvgIpc) is 2.52. The fraction of sp³-hybridized carbons (Fsp3) is 0.353. The molecule has 0 unspecified atom stereocenters. The number of thioether (sulfide) groups is 1. The molecule has 0 aliphatic rings. The zero-order valence-corrected chi connectivity index (χ0v) is 13.6. The maximum atomic E-state index is 5.85. The third-order valence-corrected chi connectivity index (χ3v) is 3.82. The van der Waals surface area contributed by atoms with Crippen LogP contribution in [0.25, 0.3) is 0 Å². The third-order valence-electron chi connectivity index (χ3n) is 3.05. The van der Waals surface area contributed by atoms with Gasteiger partial charge in [-0.05, 0) is 30.0 Å². The van der Waals surface area contributed by atoms with Crippen LogP contribution in [0.5, 0.6) is 5.75 Å². The van der Waals surface area contributed by atoms with E-state index in [2.05, 4.69) is 42.5 Å². The molecule has 0 spiro atoms. The van der Waals surface area contributed by atoms with Gasteiger partial charge in [-0.15, -0.1) is 11.8 Å². The molecule has 1 aromatic carbocycles. The Hall–Kier alpha value is -1.52. The van der Waals surface area contributed by atoms with Gasteiger partial charge in [0, 0.05) is 23.7 Å². The molecule has 112 valence electrons. The molecule has 2 aromatic rings. The van der Waals surface area contributed by atoms with Crippen molar-refractivity contribution in [3.8, 4) is 5.75 Å². The first-order chi connectivity index (χ1) is 10.2. The largest absolute Gasteiger partial charge is 0.486 e. The Morgan fingerprint density at radius 1 is 1.19 bits per heavy atom. The highest BCUT2D eigenvalue weighted by Crippen LogP contribution is 2.27.